The molecule has 3 aromatic rings. The Labute approximate surface area is 157 Å². The summed E-state index contributed by atoms with van der Waals surface area (Å²) in [4.78, 5) is 11.3. The summed E-state index contributed by atoms with van der Waals surface area (Å²) >= 11 is 0. The Balaban J connectivity index is 1.71. The average molecular weight is 376 g/mol. The second-order valence-electron chi connectivity index (χ2n) is 5.93. The zero-order chi connectivity index (χ0) is 22.7. The third-order valence-electron chi connectivity index (χ3n) is 4.39. The molecule has 0 unspecified atom stereocenters. The Kier molecular flexibility index (Phi) is 2.67. The summed E-state index contributed by atoms with van der Waals surface area (Å²) < 4.78 is 65.0. The third-order valence-corrected chi connectivity index (χ3v) is 5.80. The quantitative estimate of drug-likeness (QED) is 0.712. The first-order valence-corrected chi connectivity index (χ1v) is 9.22. The van der Waals surface area contributed by atoms with E-state index in [1.807, 2.05) is 0 Å². The van der Waals surface area contributed by atoms with Crippen molar-refractivity contribution < 1.29 is 15.3 Å². The van der Waals surface area contributed by atoms with E-state index in [0.717, 1.165) is 9.69 Å². The number of sulfonamides is 1. The van der Waals surface area contributed by atoms with Gasteiger partial charge in [0.2, 0.25) is 10.0 Å². The molecule has 0 bridgehead atoms. The molecule has 9 nitrogen and oxygen atoms in total. The van der Waals surface area contributed by atoms with Gasteiger partial charge in [-0.1, -0.05) is 0 Å². The number of nitrogens with one attached hydrogen (secondary N) is 1. The smallest absolute Gasteiger partial charge is 0.213 e. The highest BCUT2D eigenvalue weighted by molar-refractivity contribution is 7.89. The molecule has 1 aliphatic rings. The molecule has 0 aromatic carbocycles. The largest absolute Gasteiger partial charge is 0.346 e. The van der Waals surface area contributed by atoms with E-state index in [0.29, 0.717) is 16.9 Å². The lowest BCUT2D eigenvalue weighted by molar-refractivity contribution is 0.0719. The molecule has 26 heavy (non-hydrogen) atoms. The van der Waals surface area contributed by atoms with Crippen LogP contribution in [0.15, 0.2) is 31.0 Å². The molecule has 0 aliphatic carbocycles. The van der Waals surface area contributed by atoms with Crippen LogP contribution < -0.4 is 0 Å². The Morgan fingerprint density at radius 2 is 2.35 bits per heavy atom. The van der Waals surface area contributed by atoms with Crippen molar-refractivity contribution in [2.75, 3.05) is 18.8 Å². The number of hydrogen-bond donors (Lipinski definition) is 1. The van der Waals surface area contributed by atoms with E-state index in [4.69, 9.17) is 6.85 Å². The van der Waals surface area contributed by atoms with Gasteiger partial charge in [0.25, 0.3) is 0 Å². The minimum absolute atomic E-state index is 0.420. The number of hydrogen-bond acceptors (Lipinski definition) is 6. The first-order valence-electron chi connectivity index (χ1n) is 10.1. The van der Waals surface area contributed by atoms with Gasteiger partial charge in [0, 0.05) is 43.3 Å². The van der Waals surface area contributed by atoms with Crippen LogP contribution in [0.25, 0.3) is 22.3 Å². The maximum Gasteiger partial charge on any atom is 0.213 e. The number of nitriles is 1. The summed E-state index contributed by atoms with van der Waals surface area (Å²) in [5.74, 6) is -1.07. The van der Waals surface area contributed by atoms with Gasteiger partial charge in [-0.2, -0.15) is 14.7 Å². The van der Waals surface area contributed by atoms with Gasteiger partial charge in [0.1, 0.15) is 17.5 Å². The van der Waals surface area contributed by atoms with Crippen LogP contribution in [0.3, 0.4) is 0 Å². The number of rotatable bonds is 5. The fourth-order valence-corrected chi connectivity index (χ4v) is 4.00. The van der Waals surface area contributed by atoms with Crippen LogP contribution >= 0.6 is 0 Å². The third kappa shape index (κ3) is 2.48. The molecule has 3 aromatic heterocycles. The molecule has 4 heterocycles. The molecule has 4 rings (SSSR count). The van der Waals surface area contributed by atoms with E-state index in [2.05, 4.69) is 20.1 Å². The van der Waals surface area contributed by atoms with Crippen molar-refractivity contribution in [3.8, 4) is 17.3 Å². The zero-order valence-electron chi connectivity index (χ0n) is 18.4. The van der Waals surface area contributed by atoms with Gasteiger partial charge >= 0.3 is 0 Å². The molecule has 1 aliphatic heterocycles. The number of aromatic nitrogens is 5. The fraction of sp³-hybridized carbons (Fsp3) is 0.375. The van der Waals surface area contributed by atoms with Crippen LogP contribution in [0.4, 0.5) is 0 Å². The maximum absolute atomic E-state index is 12.4. The lowest BCUT2D eigenvalue weighted by Gasteiger charge is -2.47. The van der Waals surface area contributed by atoms with Crippen molar-refractivity contribution in [1.82, 2.24) is 29.0 Å². The second kappa shape index (κ2) is 5.89. The van der Waals surface area contributed by atoms with Crippen LogP contribution in [0.1, 0.15) is 20.1 Å². The lowest BCUT2D eigenvalue weighted by Crippen LogP contribution is -2.64. The van der Waals surface area contributed by atoms with Gasteiger partial charge in [-0.25, -0.2) is 18.4 Å². The molecule has 1 fully saturated rings. The maximum atomic E-state index is 12.4. The van der Waals surface area contributed by atoms with Crippen molar-refractivity contribution in [2.24, 2.45) is 0 Å². The van der Waals surface area contributed by atoms with Crippen LogP contribution in [0, 0.1) is 11.3 Å². The summed E-state index contributed by atoms with van der Waals surface area (Å²) in [5.41, 5.74) is 0.0530. The molecule has 10 heteroatoms. The lowest BCUT2D eigenvalue weighted by atomic mass is 9.89. The van der Waals surface area contributed by atoms with Crippen molar-refractivity contribution in [2.45, 2.75) is 18.8 Å². The standard InChI is InChI=1S/C16H17N7O2S/c1-2-26(24,25)22-9-16(10-22,4-5-17)23-8-12(7-21-23)14-13-3-6-18-15(13)20-11-19-14/h3,6-8,11H,2,4,9-10H2,1H3,(H,18,19,20)/i1D3,4D2. The van der Waals surface area contributed by atoms with Crippen molar-refractivity contribution in [3.05, 3.63) is 31.0 Å². The second-order valence-corrected chi connectivity index (χ2v) is 7.90. The van der Waals surface area contributed by atoms with Crippen LogP contribution in [0.5, 0.6) is 0 Å². The first-order chi connectivity index (χ1) is 14.4. The monoisotopic (exact) mass is 376 g/mol. The highest BCUT2D eigenvalue weighted by atomic mass is 32.2. The van der Waals surface area contributed by atoms with Crippen molar-refractivity contribution in [3.63, 3.8) is 0 Å². The van der Waals surface area contributed by atoms with E-state index in [1.165, 1.54) is 23.4 Å². The molecular formula is C16H17N7O2S. The van der Waals surface area contributed by atoms with E-state index in [1.54, 1.807) is 18.3 Å². The number of H-pyrrole nitrogens is 1. The van der Waals surface area contributed by atoms with E-state index < -0.39 is 47.6 Å². The van der Waals surface area contributed by atoms with Gasteiger partial charge in [-0.15, -0.1) is 0 Å². The van der Waals surface area contributed by atoms with Gasteiger partial charge in [0.15, 0.2) is 0 Å². The van der Waals surface area contributed by atoms with E-state index >= 15 is 0 Å². The highest BCUT2D eigenvalue weighted by Gasteiger charge is 2.49. The Morgan fingerprint density at radius 3 is 3.12 bits per heavy atom. The Hall–Kier alpha value is -2.77. The average Bonchev–Trinajstić information content (AvgIpc) is 3.27. The summed E-state index contributed by atoms with van der Waals surface area (Å²) in [6.45, 7) is -3.54. The van der Waals surface area contributed by atoms with E-state index in [-0.39, 0.29) is 0 Å². The van der Waals surface area contributed by atoms with E-state index in [9.17, 15) is 13.7 Å². The van der Waals surface area contributed by atoms with Gasteiger partial charge in [-0.05, 0) is 12.9 Å². The summed E-state index contributed by atoms with van der Waals surface area (Å²) in [6.07, 6.45) is 3.53. The molecule has 134 valence electrons. The van der Waals surface area contributed by atoms with Crippen LogP contribution in [-0.4, -0.2) is 56.3 Å². The number of aromatic amines is 1. The SMILES string of the molecule is [2H]C([2H])([2H])CS(=O)(=O)N1CC(n2cc(-c3ncnc4[nH]ccc34)cn2)(C([2H])([2H])C#N)C1. The number of nitrogens with zero attached hydrogens (tertiary/aromatic N) is 6. The fourth-order valence-electron chi connectivity index (χ4n) is 2.99. The summed E-state index contributed by atoms with van der Waals surface area (Å²) in [5, 5.41) is 14.3. The molecular weight excluding hydrogens is 354 g/mol. The molecule has 0 atom stereocenters. The normalized spacial score (nSPS) is 21.0. The molecule has 0 amide bonds. The molecule has 0 radical (unpaired) electrons. The van der Waals surface area contributed by atoms with Crippen LogP contribution in [-0.2, 0) is 15.6 Å². The highest BCUT2D eigenvalue weighted by Crippen LogP contribution is 2.35. The zero-order valence-corrected chi connectivity index (χ0v) is 14.2. The predicted molar refractivity (Wildman–Crippen MR) is 94.3 cm³/mol. The molecule has 1 N–H and O–H groups in total. The molecule has 0 saturated carbocycles. The topological polar surface area (TPSA) is 121 Å². The molecule has 0 spiro atoms. The Bertz CT molecular complexity index is 1290. The van der Waals surface area contributed by atoms with Gasteiger partial charge in [-0.3, -0.25) is 4.68 Å². The first kappa shape index (κ1) is 11.8. The number of fused-ring (bicyclic) bond motifs is 1. The minimum Gasteiger partial charge on any atom is -0.346 e. The van der Waals surface area contributed by atoms with Crippen molar-refractivity contribution in [1.29, 1.82) is 5.26 Å². The summed E-state index contributed by atoms with van der Waals surface area (Å²) in [7, 11) is -4.17. The van der Waals surface area contributed by atoms with Gasteiger partial charge in [0.05, 0.1) is 30.1 Å². The Morgan fingerprint density at radius 1 is 1.50 bits per heavy atom. The van der Waals surface area contributed by atoms with Gasteiger partial charge < -0.3 is 4.98 Å². The minimum atomic E-state index is -4.17. The molecule has 1 saturated heterocycles. The predicted octanol–water partition coefficient (Wildman–Crippen LogP) is 1.10. The van der Waals surface area contributed by atoms with Crippen molar-refractivity contribution >= 4 is 21.1 Å². The van der Waals surface area contributed by atoms with Crippen LogP contribution in [0.2, 0.25) is 0 Å². The summed E-state index contributed by atoms with van der Waals surface area (Å²) in [6, 6.07) is 3.36.